The molecule has 2 amide bonds. The molecular weight excluding hydrogens is 235 g/mol. The lowest BCUT2D eigenvalue weighted by atomic mass is 10.1. The molecule has 96 valence electrons. The molecule has 1 aliphatic heterocycles. The zero-order valence-electron chi connectivity index (χ0n) is 9.99. The van der Waals surface area contributed by atoms with Crippen LogP contribution in [0.25, 0.3) is 0 Å². The summed E-state index contributed by atoms with van der Waals surface area (Å²) >= 11 is 0. The lowest BCUT2D eigenvalue weighted by Gasteiger charge is -2.25. The fourth-order valence-electron chi connectivity index (χ4n) is 1.99. The quantitative estimate of drug-likeness (QED) is 0.772. The smallest absolute Gasteiger partial charge is 0.313 e. The average molecular weight is 250 g/mol. The van der Waals surface area contributed by atoms with Crippen molar-refractivity contribution in [3.8, 4) is 0 Å². The van der Waals surface area contributed by atoms with Crippen molar-refractivity contribution in [2.75, 3.05) is 18.4 Å². The number of halogens is 1. The highest BCUT2D eigenvalue weighted by molar-refractivity contribution is 6.39. The Balaban J connectivity index is 1.96. The topological polar surface area (TPSA) is 49.4 Å². The van der Waals surface area contributed by atoms with Gasteiger partial charge in [0.15, 0.2) is 0 Å². The molecule has 1 saturated heterocycles. The van der Waals surface area contributed by atoms with E-state index in [9.17, 15) is 14.0 Å². The van der Waals surface area contributed by atoms with Gasteiger partial charge in [0.05, 0.1) is 0 Å². The van der Waals surface area contributed by atoms with Gasteiger partial charge in [-0.2, -0.15) is 0 Å². The van der Waals surface area contributed by atoms with Crippen molar-refractivity contribution < 1.29 is 14.0 Å². The van der Waals surface area contributed by atoms with Crippen LogP contribution in [0.4, 0.5) is 10.1 Å². The molecule has 0 atom stereocenters. The van der Waals surface area contributed by atoms with E-state index in [1.54, 1.807) is 6.07 Å². The molecule has 18 heavy (non-hydrogen) atoms. The maximum Gasteiger partial charge on any atom is 0.313 e. The van der Waals surface area contributed by atoms with Crippen LogP contribution < -0.4 is 5.32 Å². The molecule has 1 N–H and O–H groups in total. The molecule has 0 bridgehead atoms. The Kier molecular flexibility index (Phi) is 3.92. The van der Waals surface area contributed by atoms with Gasteiger partial charge in [-0.25, -0.2) is 4.39 Å². The minimum atomic E-state index is -0.706. The van der Waals surface area contributed by atoms with Gasteiger partial charge in [-0.3, -0.25) is 9.59 Å². The number of rotatable bonds is 1. The van der Waals surface area contributed by atoms with E-state index >= 15 is 0 Å². The summed E-state index contributed by atoms with van der Waals surface area (Å²) in [7, 11) is 0. The maximum absolute atomic E-state index is 12.9. The number of hydrogen-bond acceptors (Lipinski definition) is 2. The van der Waals surface area contributed by atoms with Crippen molar-refractivity contribution >= 4 is 17.5 Å². The first kappa shape index (κ1) is 12.5. The van der Waals surface area contributed by atoms with E-state index in [1.807, 2.05) is 0 Å². The van der Waals surface area contributed by atoms with Crippen molar-refractivity contribution in [1.29, 1.82) is 0 Å². The van der Waals surface area contributed by atoms with E-state index < -0.39 is 17.6 Å². The molecule has 2 rings (SSSR count). The molecule has 1 aliphatic rings. The predicted molar refractivity (Wildman–Crippen MR) is 65.5 cm³/mol. The van der Waals surface area contributed by atoms with E-state index in [1.165, 1.54) is 23.1 Å². The highest BCUT2D eigenvalue weighted by Crippen LogP contribution is 2.11. The summed E-state index contributed by atoms with van der Waals surface area (Å²) < 4.78 is 12.9. The first-order chi connectivity index (χ1) is 8.66. The van der Waals surface area contributed by atoms with Crippen LogP contribution in [-0.4, -0.2) is 29.8 Å². The zero-order valence-corrected chi connectivity index (χ0v) is 9.99. The second kappa shape index (κ2) is 5.62. The summed E-state index contributed by atoms with van der Waals surface area (Å²) in [5.74, 6) is -1.69. The van der Waals surface area contributed by atoms with Crippen molar-refractivity contribution in [3.05, 3.63) is 30.1 Å². The van der Waals surface area contributed by atoms with Gasteiger partial charge in [0.1, 0.15) is 5.82 Å². The summed E-state index contributed by atoms with van der Waals surface area (Å²) in [6.07, 6.45) is 2.95. The molecule has 0 saturated carbocycles. The number of likely N-dealkylation sites (tertiary alicyclic amines) is 1. The van der Waals surface area contributed by atoms with Crippen LogP contribution in [0.1, 0.15) is 19.3 Å². The highest BCUT2D eigenvalue weighted by atomic mass is 19.1. The van der Waals surface area contributed by atoms with Crippen LogP contribution in [0, 0.1) is 5.82 Å². The number of amides is 2. The molecule has 1 aromatic rings. The zero-order chi connectivity index (χ0) is 13.0. The number of anilines is 1. The third-order valence-corrected chi connectivity index (χ3v) is 2.92. The molecule has 1 fully saturated rings. The van der Waals surface area contributed by atoms with Gasteiger partial charge < -0.3 is 10.2 Å². The third-order valence-electron chi connectivity index (χ3n) is 2.92. The Hall–Kier alpha value is -1.91. The standard InChI is InChI=1S/C13H15FN2O2/c14-10-5-4-6-11(9-10)15-12(17)13(18)16-7-2-1-3-8-16/h4-6,9H,1-3,7-8H2,(H,15,17). The third kappa shape index (κ3) is 3.06. The molecule has 1 heterocycles. The van der Waals surface area contributed by atoms with Crippen molar-refractivity contribution in [3.63, 3.8) is 0 Å². The fourth-order valence-corrected chi connectivity index (χ4v) is 1.99. The van der Waals surface area contributed by atoms with Crippen LogP contribution in [0.5, 0.6) is 0 Å². The maximum atomic E-state index is 12.9. The predicted octanol–water partition coefficient (Wildman–Crippen LogP) is 1.78. The summed E-state index contributed by atoms with van der Waals surface area (Å²) in [5.41, 5.74) is 0.297. The van der Waals surface area contributed by atoms with Gasteiger partial charge in [-0.05, 0) is 37.5 Å². The van der Waals surface area contributed by atoms with E-state index in [2.05, 4.69) is 5.32 Å². The first-order valence-corrected chi connectivity index (χ1v) is 6.02. The highest BCUT2D eigenvalue weighted by Gasteiger charge is 2.23. The van der Waals surface area contributed by atoms with E-state index in [4.69, 9.17) is 0 Å². The number of benzene rings is 1. The van der Waals surface area contributed by atoms with Gasteiger partial charge in [-0.1, -0.05) is 6.07 Å². The minimum Gasteiger partial charge on any atom is -0.334 e. The van der Waals surface area contributed by atoms with Gasteiger partial charge in [0.2, 0.25) is 0 Å². The van der Waals surface area contributed by atoms with E-state index in [0.29, 0.717) is 18.8 Å². The summed E-state index contributed by atoms with van der Waals surface area (Å²) in [4.78, 5) is 25.0. The molecule has 0 radical (unpaired) electrons. The van der Waals surface area contributed by atoms with Crippen LogP contribution in [0.15, 0.2) is 24.3 Å². The molecular formula is C13H15FN2O2. The molecule has 5 heteroatoms. The molecule has 0 unspecified atom stereocenters. The second-order valence-electron chi connectivity index (χ2n) is 4.32. The molecule has 4 nitrogen and oxygen atoms in total. The number of piperidine rings is 1. The summed E-state index contributed by atoms with van der Waals surface area (Å²) in [5, 5.41) is 2.41. The number of carbonyl (C=O) groups excluding carboxylic acids is 2. The second-order valence-corrected chi connectivity index (χ2v) is 4.32. The number of carbonyl (C=O) groups is 2. The number of nitrogens with one attached hydrogen (secondary N) is 1. The van der Waals surface area contributed by atoms with E-state index in [0.717, 1.165) is 19.3 Å². The molecule has 0 aliphatic carbocycles. The van der Waals surface area contributed by atoms with Crippen LogP contribution >= 0.6 is 0 Å². The van der Waals surface area contributed by atoms with Crippen molar-refractivity contribution in [1.82, 2.24) is 4.90 Å². The summed E-state index contributed by atoms with van der Waals surface area (Å²) in [6, 6.07) is 5.49. The van der Waals surface area contributed by atoms with Gasteiger partial charge in [0, 0.05) is 18.8 Å². The van der Waals surface area contributed by atoms with Gasteiger partial charge >= 0.3 is 11.8 Å². The lowest BCUT2D eigenvalue weighted by Crippen LogP contribution is -2.42. The number of nitrogens with zero attached hydrogens (tertiary/aromatic N) is 1. The number of hydrogen-bond donors (Lipinski definition) is 1. The minimum absolute atomic E-state index is 0.297. The monoisotopic (exact) mass is 250 g/mol. The van der Waals surface area contributed by atoms with Crippen molar-refractivity contribution in [2.24, 2.45) is 0 Å². The van der Waals surface area contributed by atoms with Crippen LogP contribution in [0.2, 0.25) is 0 Å². The fraction of sp³-hybridized carbons (Fsp3) is 0.385. The van der Waals surface area contributed by atoms with Crippen LogP contribution in [-0.2, 0) is 9.59 Å². The molecule has 0 aromatic heterocycles. The normalized spacial score (nSPS) is 15.3. The first-order valence-electron chi connectivity index (χ1n) is 6.02. The van der Waals surface area contributed by atoms with Crippen LogP contribution in [0.3, 0.4) is 0 Å². The lowest BCUT2D eigenvalue weighted by molar-refractivity contribution is -0.143. The molecule has 1 aromatic carbocycles. The Morgan fingerprint density at radius 1 is 1.17 bits per heavy atom. The van der Waals surface area contributed by atoms with E-state index in [-0.39, 0.29) is 0 Å². The Morgan fingerprint density at radius 2 is 1.89 bits per heavy atom. The largest absolute Gasteiger partial charge is 0.334 e. The Morgan fingerprint density at radius 3 is 2.56 bits per heavy atom. The Bertz CT molecular complexity index is 456. The molecule has 0 spiro atoms. The SMILES string of the molecule is O=C(Nc1cccc(F)c1)C(=O)N1CCCCC1. The van der Waals surface area contributed by atoms with Gasteiger partial charge in [-0.15, -0.1) is 0 Å². The average Bonchev–Trinajstić information content (AvgIpc) is 2.39. The Labute approximate surface area is 105 Å². The van der Waals surface area contributed by atoms with Gasteiger partial charge in [0.25, 0.3) is 0 Å². The van der Waals surface area contributed by atoms with Crippen molar-refractivity contribution in [2.45, 2.75) is 19.3 Å². The summed E-state index contributed by atoms with van der Waals surface area (Å²) in [6.45, 7) is 1.24.